The van der Waals surface area contributed by atoms with Gasteiger partial charge in [0.15, 0.2) is 17.5 Å². The molecular formula is C10H12F3N. The van der Waals surface area contributed by atoms with Gasteiger partial charge in [0.25, 0.3) is 0 Å². The number of benzene rings is 1. The van der Waals surface area contributed by atoms with E-state index in [2.05, 4.69) is 5.32 Å². The molecule has 0 fully saturated rings. The zero-order chi connectivity index (χ0) is 10.7. The Morgan fingerprint density at radius 1 is 1.21 bits per heavy atom. The molecule has 0 heterocycles. The van der Waals surface area contributed by atoms with Crippen LogP contribution < -0.4 is 5.32 Å². The van der Waals surface area contributed by atoms with Crippen LogP contribution in [0.3, 0.4) is 0 Å². The molecule has 1 unspecified atom stereocenters. The van der Waals surface area contributed by atoms with Crippen molar-refractivity contribution >= 4 is 0 Å². The smallest absolute Gasteiger partial charge is 0.194 e. The highest BCUT2D eigenvalue weighted by atomic mass is 19.2. The first-order chi connectivity index (χ1) is 6.61. The van der Waals surface area contributed by atoms with Crippen LogP contribution in [0.15, 0.2) is 12.1 Å². The molecular weight excluding hydrogens is 191 g/mol. The van der Waals surface area contributed by atoms with Gasteiger partial charge >= 0.3 is 0 Å². The van der Waals surface area contributed by atoms with E-state index in [1.165, 1.54) is 6.07 Å². The first kappa shape index (κ1) is 11.0. The topological polar surface area (TPSA) is 12.0 Å². The maximum Gasteiger partial charge on any atom is 0.194 e. The third kappa shape index (κ3) is 1.90. The number of nitrogens with one attached hydrogen (secondary N) is 1. The Morgan fingerprint density at radius 3 is 2.36 bits per heavy atom. The third-order valence-electron chi connectivity index (χ3n) is 2.20. The van der Waals surface area contributed by atoms with Gasteiger partial charge in [-0.3, -0.25) is 0 Å². The lowest BCUT2D eigenvalue weighted by Gasteiger charge is -2.15. The van der Waals surface area contributed by atoms with Crippen LogP contribution in [0.4, 0.5) is 13.2 Å². The number of hydrogen-bond donors (Lipinski definition) is 1. The van der Waals surface area contributed by atoms with Gasteiger partial charge in [0.2, 0.25) is 0 Å². The van der Waals surface area contributed by atoms with Crippen LogP contribution in [0, 0.1) is 17.5 Å². The molecule has 0 amide bonds. The molecule has 0 saturated carbocycles. The Labute approximate surface area is 80.9 Å². The van der Waals surface area contributed by atoms with E-state index in [0.717, 1.165) is 6.07 Å². The molecule has 1 N–H and O–H groups in total. The Kier molecular flexibility index (Phi) is 3.52. The average Bonchev–Trinajstić information content (AvgIpc) is 2.19. The monoisotopic (exact) mass is 203 g/mol. The molecule has 1 rings (SSSR count). The lowest BCUT2D eigenvalue weighted by Crippen LogP contribution is -2.17. The quantitative estimate of drug-likeness (QED) is 0.745. The summed E-state index contributed by atoms with van der Waals surface area (Å²) in [5.74, 6) is -3.67. The highest BCUT2D eigenvalue weighted by Crippen LogP contribution is 2.22. The van der Waals surface area contributed by atoms with Crippen molar-refractivity contribution in [2.75, 3.05) is 7.05 Å². The summed E-state index contributed by atoms with van der Waals surface area (Å²) in [6.07, 6.45) is 0.610. The number of hydrogen-bond acceptors (Lipinski definition) is 1. The van der Waals surface area contributed by atoms with Gasteiger partial charge in [-0.05, 0) is 19.5 Å². The summed E-state index contributed by atoms with van der Waals surface area (Å²) in [5, 5.41) is 2.83. The summed E-state index contributed by atoms with van der Waals surface area (Å²) in [7, 11) is 1.65. The molecule has 78 valence electrons. The van der Waals surface area contributed by atoms with Gasteiger partial charge in [0.05, 0.1) is 0 Å². The summed E-state index contributed by atoms with van der Waals surface area (Å²) in [5.41, 5.74) is 0.161. The number of rotatable bonds is 3. The van der Waals surface area contributed by atoms with Crippen LogP contribution in [0.5, 0.6) is 0 Å². The second kappa shape index (κ2) is 4.46. The first-order valence-corrected chi connectivity index (χ1v) is 4.42. The lowest BCUT2D eigenvalue weighted by atomic mass is 10.0. The van der Waals surface area contributed by atoms with Crippen molar-refractivity contribution < 1.29 is 13.2 Å². The van der Waals surface area contributed by atoms with Crippen molar-refractivity contribution in [3.8, 4) is 0 Å². The van der Waals surface area contributed by atoms with Crippen LogP contribution in [-0.2, 0) is 0 Å². The van der Waals surface area contributed by atoms with E-state index >= 15 is 0 Å². The molecule has 0 bridgehead atoms. The second-order valence-electron chi connectivity index (χ2n) is 3.01. The molecule has 0 aromatic heterocycles. The molecule has 0 spiro atoms. The maximum atomic E-state index is 13.2. The highest BCUT2D eigenvalue weighted by Gasteiger charge is 2.18. The fourth-order valence-corrected chi connectivity index (χ4v) is 1.39. The van der Waals surface area contributed by atoms with Crippen LogP contribution in [0.1, 0.15) is 24.9 Å². The second-order valence-corrected chi connectivity index (χ2v) is 3.01. The molecule has 1 aromatic carbocycles. The van der Waals surface area contributed by atoms with Crippen molar-refractivity contribution in [2.45, 2.75) is 19.4 Å². The molecule has 0 aliphatic carbocycles. The Bertz CT molecular complexity index is 321. The molecule has 14 heavy (non-hydrogen) atoms. The van der Waals surface area contributed by atoms with Crippen molar-refractivity contribution in [1.82, 2.24) is 5.32 Å². The summed E-state index contributed by atoms with van der Waals surface area (Å²) >= 11 is 0. The molecule has 4 heteroatoms. The van der Waals surface area contributed by atoms with Crippen molar-refractivity contribution in [1.29, 1.82) is 0 Å². The van der Waals surface area contributed by atoms with Gasteiger partial charge in [-0.25, -0.2) is 13.2 Å². The summed E-state index contributed by atoms with van der Waals surface area (Å²) in [6.45, 7) is 1.84. The predicted molar refractivity (Wildman–Crippen MR) is 48.4 cm³/mol. The highest BCUT2D eigenvalue weighted by molar-refractivity contribution is 5.23. The zero-order valence-electron chi connectivity index (χ0n) is 8.07. The molecule has 0 aliphatic rings. The van der Waals surface area contributed by atoms with Gasteiger partial charge < -0.3 is 5.32 Å². The average molecular weight is 203 g/mol. The minimum atomic E-state index is -1.41. The molecule has 1 atom stereocenters. The molecule has 1 aromatic rings. The largest absolute Gasteiger partial charge is 0.313 e. The van der Waals surface area contributed by atoms with Gasteiger partial charge in [-0.15, -0.1) is 0 Å². The van der Waals surface area contributed by atoms with Crippen molar-refractivity contribution in [3.05, 3.63) is 35.1 Å². The Balaban J connectivity index is 3.16. The van der Waals surface area contributed by atoms with Gasteiger partial charge in [0.1, 0.15) is 0 Å². The van der Waals surface area contributed by atoms with E-state index in [-0.39, 0.29) is 11.6 Å². The van der Waals surface area contributed by atoms with Gasteiger partial charge in [-0.2, -0.15) is 0 Å². The first-order valence-electron chi connectivity index (χ1n) is 4.42. The SMILES string of the molecule is CCC(NC)c1ccc(F)c(F)c1F. The van der Waals surface area contributed by atoms with E-state index < -0.39 is 17.5 Å². The molecule has 0 aliphatic heterocycles. The van der Waals surface area contributed by atoms with Crippen LogP contribution in [-0.4, -0.2) is 7.05 Å². The van der Waals surface area contributed by atoms with Crippen molar-refractivity contribution in [3.63, 3.8) is 0 Å². The van der Waals surface area contributed by atoms with E-state index in [4.69, 9.17) is 0 Å². The van der Waals surface area contributed by atoms with Crippen LogP contribution >= 0.6 is 0 Å². The summed E-state index contributed by atoms with van der Waals surface area (Å²) in [6, 6.07) is 1.91. The minimum absolute atomic E-state index is 0.161. The lowest BCUT2D eigenvalue weighted by molar-refractivity contribution is 0.427. The van der Waals surface area contributed by atoms with E-state index in [1.54, 1.807) is 7.05 Å². The molecule has 0 radical (unpaired) electrons. The fourth-order valence-electron chi connectivity index (χ4n) is 1.39. The third-order valence-corrected chi connectivity index (χ3v) is 2.20. The molecule has 0 saturated heterocycles. The maximum absolute atomic E-state index is 13.2. The number of halogens is 3. The van der Waals surface area contributed by atoms with E-state index in [1.807, 2.05) is 6.92 Å². The van der Waals surface area contributed by atoms with Crippen molar-refractivity contribution in [2.24, 2.45) is 0 Å². The molecule has 1 nitrogen and oxygen atoms in total. The summed E-state index contributed by atoms with van der Waals surface area (Å²) < 4.78 is 38.7. The van der Waals surface area contributed by atoms with Gasteiger partial charge in [-0.1, -0.05) is 13.0 Å². The van der Waals surface area contributed by atoms with Gasteiger partial charge in [0, 0.05) is 11.6 Å². The van der Waals surface area contributed by atoms with Crippen LogP contribution in [0.2, 0.25) is 0 Å². The Morgan fingerprint density at radius 2 is 1.86 bits per heavy atom. The summed E-state index contributed by atoms with van der Waals surface area (Å²) in [4.78, 5) is 0. The normalized spacial score (nSPS) is 12.9. The van der Waals surface area contributed by atoms with Crippen LogP contribution in [0.25, 0.3) is 0 Å². The fraction of sp³-hybridized carbons (Fsp3) is 0.400. The zero-order valence-corrected chi connectivity index (χ0v) is 8.07. The van der Waals surface area contributed by atoms with E-state index in [0.29, 0.717) is 6.42 Å². The standard InChI is InChI=1S/C10H12F3N/c1-3-8(14-2)6-4-5-7(11)10(13)9(6)12/h4-5,8,14H,3H2,1-2H3. The predicted octanol–water partition coefficient (Wildman–Crippen LogP) is 2.77. The van der Waals surface area contributed by atoms with E-state index in [9.17, 15) is 13.2 Å². The Hall–Kier alpha value is -1.03. The minimum Gasteiger partial charge on any atom is -0.313 e.